The minimum atomic E-state index is 0.186. The molecule has 0 saturated heterocycles. The maximum Gasteiger partial charge on any atom is 0.251 e. The molecule has 2 unspecified atom stereocenters. The van der Waals surface area contributed by atoms with Crippen LogP contribution in [0.5, 0.6) is 0 Å². The van der Waals surface area contributed by atoms with Crippen molar-refractivity contribution in [2.24, 2.45) is 5.92 Å². The fourth-order valence-electron chi connectivity index (χ4n) is 3.72. The van der Waals surface area contributed by atoms with E-state index in [0.29, 0.717) is 0 Å². The number of aryl methyl sites for hydroxylation is 1. The summed E-state index contributed by atoms with van der Waals surface area (Å²) in [4.78, 5) is 15.2. The monoisotopic (exact) mass is 415 g/mol. The van der Waals surface area contributed by atoms with Crippen LogP contribution in [-0.4, -0.2) is 40.9 Å². The normalized spacial score (nSPS) is 19.2. The van der Waals surface area contributed by atoms with Gasteiger partial charge >= 0.3 is 0 Å². The lowest BCUT2D eigenvalue weighted by atomic mass is 9.91. The lowest BCUT2D eigenvalue weighted by Gasteiger charge is -2.23. The van der Waals surface area contributed by atoms with Crippen molar-refractivity contribution in [3.8, 4) is 0 Å². The Morgan fingerprint density at radius 3 is 2.68 bits per heavy atom. The summed E-state index contributed by atoms with van der Waals surface area (Å²) in [5.74, 6) is 0.414. The van der Waals surface area contributed by atoms with Gasteiger partial charge in [-0.25, -0.2) is 0 Å². The van der Waals surface area contributed by atoms with Gasteiger partial charge in [0, 0.05) is 41.2 Å². The number of rotatable bonds is 9. The number of benzene rings is 1. The van der Waals surface area contributed by atoms with E-state index < -0.39 is 0 Å². The average molecular weight is 416 g/mol. The van der Waals surface area contributed by atoms with Crippen LogP contribution in [0.15, 0.2) is 52.4 Å². The Bertz CT molecular complexity index is 789. The van der Waals surface area contributed by atoms with Crippen molar-refractivity contribution in [3.63, 3.8) is 0 Å². The van der Waals surface area contributed by atoms with Crippen LogP contribution in [0.2, 0.25) is 0 Å². The number of aromatic amines is 1. The fraction of sp³-hybridized carbons (Fsp3) is 0.455. The van der Waals surface area contributed by atoms with Crippen LogP contribution < -0.4 is 0 Å². The molecule has 6 heteroatoms. The number of carbonyl (C=O) groups is 1. The lowest BCUT2D eigenvalue weighted by molar-refractivity contribution is -0.126. The van der Waals surface area contributed by atoms with Crippen LogP contribution >= 0.6 is 23.5 Å². The Balaban J connectivity index is 1.60. The number of hydrogen-bond donors (Lipinski definition) is 1. The van der Waals surface area contributed by atoms with Crippen molar-refractivity contribution < 1.29 is 4.79 Å². The summed E-state index contributed by atoms with van der Waals surface area (Å²) in [6.07, 6.45) is 7.99. The molecular weight excluding hydrogens is 386 g/mol. The van der Waals surface area contributed by atoms with Crippen molar-refractivity contribution in [1.82, 2.24) is 15.1 Å². The molecule has 1 aromatic heterocycles. The van der Waals surface area contributed by atoms with E-state index in [4.69, 9.17) is 0 Å². The lowest BCUT2D eigenvalue weighted by Crippen LogP contribution is -2.31. The van der Waals surface area contributed by atoms with Crippen molar-refractivity contribution >= 4 is 29.4 Å². The van der Waals surface area contributed by atoms with Crippen LogP contribution in [0.4, 0.5) is 0 Å². The molecular formula is C22H29N3OS2. The molecule has 150 valence electrons. The van der Waals surface area contributed by atoms with Gasteiger partial charge in [-0.2, -0.15) is 5.10 Å². The third-order valence-corrected chi connectivity index (χ3v) is 7.92. The van der Waals surface area contributed by atoms with Gasteiger partial charge in [-0.1, -0.05) is 37.3 Å². The fourth-order valence-corrected chi connectivity index (χ4v) is 6.22. The molecule has 0 saturated carbocycles. The number of aromatic nitrogens is 2. The third-order valence-electron chi connectivity index (χ3n) is 5.27. The summed E-state index contributed by atoms with van der Waals surface area (Å²) in [7, 11) is 1.94. The second kappa shape index (κ2) is 10.2. The van der Waals surface area contributed by atoms with Gasteiger partial charge in [0.1, 0.15) is 0 Å². The molecule has 0 radical (unpaired) electrons. The SMILES string of the molecule is CCC1C(C(=O)N(C)CCCCc2ccccc2)=C(SC)SC1c1ccn[nH]1. The van der Waals surface area contributed by atoms with Crippen molar-refractivity contribution in [2.75, 3.05) is 19.8 Å². The van der Waals surface area contributed by atoms with E-state index in [-0.39, 0.29) is 17.1 Å². The van der Waals surface area contributed by atoms with E-state index in [1.165, 1.54) is 5.56 Å². The Morgan fingerprint density at radius 2 is 2.04 bits per heavy atom. The van der Waals surface area contributed by atoms with Crippen LogP contribution in [-0.2, 0) is 11.2 Å². The molecule has 1 aliphatic heterocycles. The molecule has 2 atom stereocenters. The first-order valence-corrected chi connectivity index (χ1v) is 12.0. The summed E-state index contributed by atoms with van der Waals surface area (Å²) in [6, 6.07) is 12.6. The number of unbranched alkanes of at least 4 members (excludes halogenated alkanes) is 1. The van der Waals surface area contributed by atoms with Gasteiger partial charge in [-0.3, -0.25) is 9.89 Å². The highest BCUT2D eigenvalue weighted by Crippen LogP contribution is 2.55. The summed E-state index contributed by atoms with van der Waals surface area (Å²) in [6.45, 7) is 2.97. The smallest absolute Gasteiger partial charge is 0.251 e. The molecule has 28 heavy (non-hydrogen) atoms. The van der Waals surface area contributed by atoms with Crippen molar-refractivity contribution in [2.45, 2.75) is 37.9 Å². The zero-order chi connectivity index (χ0) is 19.9. The maximum atomic E-state index is 13.3. The topological polar surface area (TPSA) is 49.0 Å². The quantitative estimate of drug-likeness (QED) is 0.566. The standard InChI is InChI=1S/C22H29N3OS2/c1-4-17-19(22(27-3)28-20(17)18-13-14-23-24-18)21(26)25(2)15-9-8-12-16-10-6-5-7-11-16/h5-7,10-11,13-14,17,20H,4,8-9,12,15H2,1-3H3,(H,23,24). The highest BCUT2D eigenvalue weighted by atomic mass is 32.2. The molecule has 1 N–H and O–H groups in total. The minimum Gasteiger partial charge on any atom is -0.342 e. The van der Waals surface area contributed by atoms with Gasteiger partial charge in [0.15, 0.2) is 0 Å². The Kier molecular flexibility index (Phi) is 7.68. The van der Waals surface area contributed by atoms with E-state index >= 15 is 0 Å². The Morgan fingerprint density at radius 1 is 1.25 bits per heavy atom. The number of hydrogen-bond acceptors (Lipinski definition) is 4. The number of amides is 1. The van der Waals surface area contributed by atoms with Gasteiger partial charge in [0.05, 0.1) is 5.25 Å². The molecule has 1 amide bonds. The predicted octanol–water partition coefficient (Wildman–Crippen LogP) is 5.28. The van der Waals surface area contributed by atoms with Crippen LogP contribution in [0.1, 0.15) is 42.7 Å². The zero-order valence-electron chi connectivity index (χ0n) is 16.9. The second-order valence-corrected chi connectivity index (χ2v) is 9.37. The number of nitrogens with one attached hydrogen (secondary N) is 1. The van der Waals surface area contributed by atoms with E-state index in [9.17, 15) is 4.79 Å². The van der Waals surface area contributed by atoms with E-state index in [0.717, 1.165) is 47.7 Å². The first kappa shape index (κ1) is 21.1. The Hall–Kier alpha value is -1.66. The van der Waals surface area contributed by atoms with Crippen LogP contribution in [0, 0.1) is 5.92 Å². The minimum absolute atomic E-state index is 0.186. The summed E-state index contributed by atoms with van der Waals surface area (Å²) < 4.78 is 1.16. The summed E-state index contributed by atoms with van der Waals surface area (Å²) >= 11 is 3.50. The third kappa shape index (κ3) is 4.84. The molecule has 1 aromatic carbocycles. The number of carbonyl (C=O) groups excluding carboxylic acids is 1. The molecule has 3 rings (SSSR count). The molecule has 0 fully saturated rings. The highest BCUT2D eigenvalue weighted by molar-refractivity contribution is 8.22. The summed E-state index contributed by atoms with van der Waals surface area (Å²) in [5, 5.41) is 7.46. The average Bonchev–Trinajstić information content (AvgIpc) is 3.38. The predicted molar refractivity (Wildman–Crippen MR) is 120 cm³/mol. The Labute approximate surface area is 176 Å². The van der Waals surface area contributed by atoms with Crippen LogP contribution in [0.3, 0.4) is 0 Å². The van der Waals surface area contributed by atoms with Crippen LogP contribution in [0.25, 0.3) is 0 Å². The van der Waals surface area contributed by atoms with E-state index in [1.54, 1.807) is 29.7 Å². The van der Waals surface area contributed by atoms with E-state index in [1.807, 2.05) is 24.1 Å². The number of H-pyrrole nitrogens is 1. The summed E-state index contributed by atoms with van der Waals surface area (Å²) in [5.41, 5.74) is 3.46. The number of nitrogens with zero attached hydrogens (tertiary/aromatic N) is 2. The van der Waals surface area contributed by atoms with Crippen molar-refractivity contribution in [3.05, 3.63) is 63.7 Å². The molecule has 0 bridgehead atoms. The number of thioether (sulfide) groups is 2. The highest BCUT2D eigenvalue weighted by Gasteiger charge is 2.40. The molecule has 0 aliphatic carbocycles. The first-order chi connectivity index (χ1) is 13.7. The maximum absolute atomic E-state index is 13.3. The van der Waals surface area contributed by atoms with Gasteiger partial charge < -0.3 is 4.90 Å². The number of likely N-dealkylation sites (N-methyl/N-ethyl adjacent to an activating group) is 1. The molecule has 0 spiro atoms. The molecule has 4 nitrogen and oxygen atoms in total. The van der Waals surface area contributed by atoms with Crippen molar-refractivity contribution in [1.29, 1.82) is 0 Å². The largest absolute Gasteiger partial charge is 0.342 e. The van der Waals surface area contributed by atoms with Gasteiger partial charge in [-0.05, 0) is 43.6 Å². The van der Waals surface area contributed by atoms with Gasteiger partial charge in [0.25, 0.3) is 5.91 Å². The molecule has 2 heterocycles. The van der Waals surface area contributed by atoms with E-state index in [2.05, 4.69) is 47.6 Å². The van der Waals surface area contributed by atoms with Gasteiger partial charge in [-0.15, -0.1) is 23.5 Å². The zero-order valence-corrected chi connectivity index (χ0v) is 18.5. The first-order valence-electron chi connectivity index (χ1n) is 9.89. The van der Waals surface area contributed by atoms with Gasteiger partial charge in [0.2, 0.25) is 0 Å². The molecule has 2 aromatic rings. The molecule has 1 aliphatic rings. The second-order valence-electron chi connectivity index (χ2n) is 7.14.